The number of imide groups is 1. The zero-order valence-corrected chi connectivity index (χ0v) is 16.8. The van der Waals surface area contributed by atoms with Crippen LogP contribution in [0.25, 0.3) is 20.7 Å². The van der Waals surface area contributed by atoms with Crippen LogP contribution in [-0.4, -0.2) is 27.7 Å². The smallest absolute Gasteiger partial charge is 0.321 e. The molecule has 0 saturated carbocycles. The standard InChI is InChI=1S/C20H16N4O3S2/c25-17(24-20(26)21-10-14-7-4-8-27-14)11-28-18-15-9-16(13-5-2-1-3-6-13)29-19(15)23-12-22-18/h1-9,12H,10-11H2,(H2,21,24,25,26). The Morgan fingerprint density at radius 1 is 1.10 bits per heavy atom. The van der Waals surface area contributed by atoms with Gasteiger partial charge in [-0.2, -0.15) is 0 Å². The van der Waals surface area contributed by atoms with Gasteiger partial charge in [-0.3, -0.25) is 10.1 Å². The summed E-state index contributed by atoms with van der Waals surface area (Å²) in [5.41, 5.74) is 1.11. The highest BCUT2D eigenvalue weighted by Crippen LogP contribution is 2.35. The number of hydrogen-bond donors (Lipinski definition) is 2. The molecule has 0 unspecified atom stereocenters. The molecule has 9 heteroatoms. The van der Waals surface area contributed by atoms with Crippen LogP contribution in [0.5, 0.6) is 0 Å². The zero-order chi connectivity index (χ0) is 20.1. The fourth-order valence-corrected chi connectivity index (χ4v) is 4.46. The first kappa shape index (κ1) is 19.2. The summed E-state index contributed by atoms with van der Waals surface area (Å²) in [4.78, 5) is 34.5. The van der Waals surface area contributed by atoms with Gasteiger partial charge in [-0.25, -0.2) is 14.8 Å². The molecule has 4 rings (SSSR count). The maximum atomic E-state index is 12.1. The Morgan fingerprint density at radius 2 is 1.97 bits per heavy atom. The minimum absolute atomic E-state index is 0.0663. The van der Waals surface area contributed by atoms with E-state index in [4.69, 9.17) is 4.42 Å². The third-order valence-electron chi connectivity index (χ3n) is 3.95. The number of urea groups is 1. The Balaban J connectivity index is 1.37. The Bertz CT molecular complexity index is 1130. The molecule has 29 heavy (non-hydrogen) atoms. The first-order chi connectivity index (χ1) is 14.2. The summed E-state index contributed by atoms with van der Waals surface area (Å²) < 4.78 is 5.12. The van der Waals surface area contributed by atoms with E-state index in [1.807, 2.05) is 36.4 Å². The SMILES string of the molecule is O=C(CSc1ncnc2sc(-c3ccccc3)cc12)NC(=O)NCc1ccco1. The van der Waals surface area contributed by atoms with Crippen LogP contribution in [0.1, 0.15) is 5.76 Å². The second-order valence-electron chi connectivity index (χ2n) is 5.97. The first-order valence-electron chi connectivity index (χ1n) is 8.72. The maximum absolute atomic E-state index is 12.1. The van der Waals surface area contributed by atoms with Crippen molar-refractivity contribution in [2.45, 2.75) is 11.6 Å². The molecular weight excluding hydrogens is 408 g/mol. The number of nitrogens with zero attached hydrogens (tertiary/aromatic N) is 2. The van der Waals surface area contributed by atoms with Crippen LogP contribution < -0.4 is 10.6 Å². The van der Waals surface area contributed by atoms with Crippen LogP contribution in [-0.2, 0) is 11.3 Å². The maximum Gasteiger partial charge on any atom is 0.321 e. The number of carbonyl (C=O) groups is 2. The quantitative estimate of drug-likeness (QED) is 0.358. The number of rotatable bonds is 6. The van der Waals surface area contributed by atoms with Crippen LogP contribution >= 0.6 is 23.1 Å². The van der Waals surface area contributed by atoms with Gasteiger partial charge in [0.1, 0.15) is 21.9 Å². The number of hydrogen-bond acceptors (Lipinski definition) is 7. The highest BCUT2D eigenvalue weighted by Gasteiger charge is 2.13. The highest BCUT2D eigenvalue weighted by atomic mass is 32.2. The van der Waals surface area contributed by atoms with Crippen molar-refractivity contribution in [1.82, 2.24) is 20.6 Å². The summed E-state index contributed by atoms with van der Waals surface area (Å²) in [6.45, 7) is 0.211. The molecule has 7 nitrogen and oxygen atoms in total. The third-order valence-corrected chi connectivity index (χ3v) is 6.04. The van der Waals surface area contributed by atoms with E-state index >= 15 is 0 Å². The van der Waals surface area contributed by atoms with Gasteiger partial charge in [0.05, 0.1) is 18.6 Å². The molecule has 146 valence electrons. The predicted molar refractivity (Wildman–Crippen MR) is 113 cm³/mol. The lowest BCUT2D eigenvalue weighted by atomic mass is 10.2. The van der Waals surface area contributed by atoms with Gasteiger partial charge in [-0.15, -0.1) is 11.3 Å². The van der Waals surface area contributed by atoms with Gasteiger partial charge in [-0.05, 0) is 23.8 Å². The van der Waals surface area contributed by atoms with Gasteiger partial charge in [0.15, 0.2) is 0 Å². The van der Waals surface area contributed by atoms with E-state index in [1.54, 1.807) is 23.5 Å². The Labute approximate surface area is 174 Å². The number of nitrogens with one attached hydrogen (secondary N) is 2. The van der Waals surface area contributed by atoms with Crippen molar-refractivity contribution < 1.29 is 14.0 Å². The van der Waals surface area contributed by atoms with Crippen LogP contribution in [0.3, 0.4) is 0 Å². The van der Waals surface area contributed by atoms with Crippen molar-refractivity contribution in [3.05, 3.63) is 66.9 Å². The Kier molecular flexibility index (Phi) is 5.87. The summed E-state index contributed by atoms with van der Waals surface area (Å²) in [5.74, 6) is 0.269. The molecule has 0 aliphatic rings. The molecule has 0 aliphatic carbocycles. The molecule has 0 radical (unpaired) electrons. The van der Waals surface area contributed by atoms with E-state index in [9.17, 15) is 9.59 Å². The van der Waals surface area contributed by atoms with Crippen molar-refractivity contribution in [3.63, 3.8) is 0 Å². The molecule has 0 aliphatic heterocycles. The molecule has 4 aromatic rings. The second-order valence-corrected chi connectivity index (χ2v) is 7.97. The summed E-state index contributed by atoms with van der Waals surface area (Å²) in [6.07, 6.45) is 3.01. The Morgan fingerprint density at radius 3 is 2.76 bits per heavy atom. The van der Waals surface area contributed by atoms with Crippen molar-refractivity contribution in [1.29, 1.82) is 0 Å². The minimum atomic E-state index is -0.568. The number of thiophene rings is 1. The van der Waals surface area contributed by atoms with E-state index in [1.165, 1.54) is 24.4 Å². The fraction of sp³-hybridized carbons (Fsp3) is 0.100. The lowest BCUT2D eigenvalue weighted by Gasteiger charge is -2.05. The third kappa shape index (κ3) is 4.82. The normalized spacial score (nSPS) is 10.8. The van der Waals surface area contributed by atoms with Crippen LogP contribution in [0.2, 0.25) is 0 Å². The number of furan rings is 1. The predicted octanol–water partition coefficient (Wildman–Crippen LogP) is 4.07. The van der Waals surface area contributed by atoms with Gasteiger partial charge in [0.2, 0.25) is 5.91 Å². The molecule has 3 heterocycles. The summed E-state index contributed by atoms with van der Waals surface area (Å²) >= 11 is 2.85. The minimum Gasteiger partial charge on any atom is -0.467 e. The molecule has 0 saturated heterocycles. The van der Waals surface area contributed by atoms with Crippen molar-refractivity contribution >= 4 is 45.3 Å². The van der Waals surface area contributed by atoms with Crippen LogP contribution in [0.4, 0.5) is 4.79 Å². The molecule has 2 N–H and O–H groups in total. The number of carbonyl (C=O) groups excluding carboxylic acids is 2. The van der Waals surface area contributed by atoms with Crippen LogP contribution in [0, 0.1) is 0 Å². The zero-order valence-electron chi connectivity index (χ0n) is 15.1. The summed E-state index contributed by atoms with van der Waals surface area (Å²) in [7, 11) is 0. The van der Waals surface area contributed by atoms with E-state index < -0.39 is 11.9 Å². The van der Waals surface area contributed by atoms with Gasteiger partial charge in [0.25, 0.3) is 0 Å². The second kappa shape index (κ2) is 8.89. The van der Waals surface area contributed by atoms with E-state index in [0.717, 1.165) is 20.7 Å². The lowest BCUT2D eigenvalue weighted by Crippen LogP contribution is -2.39. The molecule has 0 spiro atoms. The average molecular weight is 425 g/mol. The van der Waals surface area contributed by atoms with Crippen molar-refractivity contribution in [2.24, 2.45) is 0 Å². The van der Waals surface area contributed by atoms with E-state index in [0.29, 0.717) is 10.8 Å². The van der Waals surface area contributed by atoms with Gasteiger partial charge in [-0.1, -0.05) is 42.1 Å². The largest absolute Gasteiger partial charge is 0.467 e. The van der Waals surface area contributed by atoms with Crippen molar-refractivity contribution in [2.75, 3.05) is 5.75 Å². The molecule has 0 bridgehead atoms. The number of benzene rings is 1. The number of fused-ring (bicyclic) bond motifs is 1. The van der Waals surface area contributed by atoms with Gasteiger partial charge in [0, 0.05) is 10.3 Å². The number of thioether (sulfide) groups is 1. The molecule has 3 aromatic heterocycles. The number of aromatic nitrogens is 2. The molecule has 0 atom stereocenters. The molecular formula is C20H16N4O3S2. The summed E-state index contributed by atoms with van der Waals surface area (Å²) in [6, 6.07) is 15.0. The monoisotopic (exact) mass is 424 g/mol. The molecule has 0 fully saturated rings. The highest BCUT2D eigenvalue weighted by molar-refractivity contribution is 8.00. The van der Waals surface area contributed by atoms with Crippen molar-refractivity contribution in [3.8, 4) is 10.4 Å². The molecule has 3 amide bonds. The number of amides is 3. The average Bonchev–Trinajstić information content (AvgIpc) is 3.41. The summed E-state index contributed by atoms with van der Waals surface area (Å²) in [5, 5.41) is 6.47. The van der Waals surface area contributed by atoms with Crippen LogP contribution in [0.15, 0.2) is 70.6 Å². The first-order valence-corrected chi connectivity index (χ1v) is 10.5. The lowest BCUT2D eigenvalue weighted by molar-refractivity contribution is -0.117. The van der Waals surface area contributed by atoms with Gasteiger partial charge < -0.3 is 9.73 Å². The molecule has 1 aromatic carbocycles. The van der Waals surface area contributed by atoms with Gasteiger partial charge >= 0.3 is 6.03 Å². The fourth-order valence-electron chi connectivity index (χ4n) is 2.61. The van der Waals surface area contributed by atoms with E-state index in [2.05, 4.69) is 20.6 Å². The Hall–Kier alpha value is -3.17. The van der Waals surface area contributed by atoms with E-state index in [-0.39, 0.29) is 12.3 Å². The topological polar surface area (TPSA) is 97.1 Å².